The lowest BCUT2D eigenvalue weighted by molar-refractivity contribution is -0.285. The first-order valence-corrected chi connectivity index (χ1v) is 6.36. The molecule has 0 aromatic carbocycles. The van der Waals surface area contributed by atoms with Crippen molar-refractivity contribution in [3.05, 3.63) is 0 Å². The van der Waals surface area contributed by atoms with E-state index in [2.05, 4.69) is 41.5 Å². The third-order valence-electron chi connectivity index (χ3n) is 4.61. The van der Waals surface area contributed by atoms with Gasteiger partial charge in [0.25, 0.3) is 0 Å². The minimum atomic E-state index is -0.413. The van der Waals surface area contributed by atoms with Crippen LogP contribution in [0.25, 0.3) is 0 Å². The smallest absolute Gasteiger partial charge is 0.119 e. The van der Waals surface area contributed by atoms with Gasteiger partial charge in [0.2, 0.25) is 0 Å². The van der Waals surface area contributed by atoms with Crippen molar-refractivity contribution >= 4 is 0 Å². The van der Waals surface area contributed by atoms with E-state index in [-0.39, 0.29) is 23.2 Å². The van der Waals surface area contributed by atoms with Gasteiger partial charge in [-0.1, -0.05) is 20.8 Å². The molecule has 3 nitrogen and oxygen atoms in total. The lowest BCUT2D eigenvalue weighted by Crippen LogP contribution is -2.66. The zero-order valence-electron chi connectivity index (χ0n) is 12.6. The average molecular weight is 244 g/mol. The summed E-state index contributed by atoms with van der Waals surface area (Å²) in [6.07, 6.45) is 1.04. The number of ether oxygens (including phenoxy) is 3. The maximum Gasteiger partial charge on any atom is 0.119 e. The predicted molar refractivity (Wildman–Crippen MR) is 69.2 cm³/mol. The molecule has 102 valence electrons. The van der Waals surface area contributed by atoms with Gasteiger partial charge >= 0.3 is 0 Å². The van der Waals surface area contributed by atoms with E-state index in [0.717, 1.165) is 6.42 Å². The topological polar surface area (TPSA) is 27.7 Å². The highest BCUT2D eigenvalue weighted by atomic mass is 16.6. The SMILES string of the molecule is COC1(C)CC(C(C)(C)C)OC(C)C1(C)OC. The highest BCUT2D eigenvalue weighted by Gasteiger charge is 2.56. The summed E-state index contributed by atoms with van der Waals surface area (Å²) in [6.45, 7) is 12.9. The van der Waals surface area contributed by atoms with Crippen LogP contribution >= 0.6 is 0 Å². The van der Waals surface area contributed by atoms with Crippen LogP contribution in [0.4, 0.5) is 0 Å². The summed E-state index contributed by atoms with van der Waals surface area (Å²) >= 11 is 0. The molecule has 4 atom stereocenters. The molecule has 4 unspecified atom stereocenters. The van der Waals surface area contributed by atoms with E-state index in [4.69, 9.17) is 14.2 Å². The van der Waals surface area contributed by atoms with E-state index in [1.807, 2.05) is 0 Å². The number of rotatable bonds is 2. The first-order valence-electron chi connectivity index (χ1n) is 6.36. The fourth-order valence-corrected chi connectivity index (χ4v) is 2.59. The molecule has 0 aromatic rings. The van der Waals surface area contributed by atoms with E-state index < -0.39 is 5.60 Å². The second-order valence-corrected chi connectivity index (χ2v) is 6.58. The standard InChI is InChI=1S/C14H28O3/c1-10-14(6,16-8)13(5,15-7)9-11(17-10)12(2,3)4/h10-11H,9H2,1-8H3. The van der Waals surface area contributed by atoms with Gasteiger partial charge in [-0.25, -0.2) is 0 Å². The number of hydrogen-bond acceptors (Lipinski definition) is 3. The Kier molecular flexibility index (Phi) is 3.98. The lowest BCUT2D eigenvalue weighted by Gasteiger charge is -2.55. The van der Waals surface area contributed by atoms with Gasteiger partial charge in [0.05, 0.1) is 17.8 Å². The minimum absolute atomic E-state index is 0.00965. The Morgan fingerprint density at radius 1 is 1.12 bits per heavy atom. The van der Waals surface area contributed by atoms with Gasteiger partial charge in [0, 0.05) is 20.6 Å². The molecule has 3 heteroatoms. The van der Waals surface area contributed by atoms with Gasteiger partial charge in [-0.2, -0.15) is 0 Å². The quantitative estimate of drug-likeness (QED) is 0.747. The third kappa shape index (κ3) is 2.38. The molecule has 1 aliphatic heterocycles. The van der Waals surface area contributed by atoms with E-state index in [9.17, 15) is 0 Å². The Morgan fingerprint density at radius 2 is 1.65 bits per heavy atom. The molecule has 1 heterocycles. The van der Waals surface area contributed by atoms with Crippen molar-refractivity contribution in [3.63, 3.8) is 0 Å². The van der Waals surface area contributed by atoms with E-state index in [1.54, 1.807) is 14.2 Å². The maximum absolute atomic E-state index is 6.15. The molecule has 0 amide bonds. The zero-order chi connectivity index (χ0) is 13.5. The van der Waals surface area contributed by atoms with E-state index in [1.165, 1.54) is 0 Å². The minimum Gasteiger partial charge on any atom is -0.375 e. The van der Waals surface area contributed by atoms with Crippen LogP contribution in [0.3, 0.4) is 0 Å². The van der Waals surface area contributed by atoms with Crippen LogP contribution in [-0.2, 0) is 14.2 Å². The zero-order valence-corrected chi connectivity index (χ0v) is 12.6. The third-order valence-corrected chi connectivity index (χ3v) is 4.61. The van der Waals surface area contributed by atoms with Gasteiger partial charge in [-0.3, -0.25) is 0 Å². The van der Waals surface area contributed by atoms with Gasteiger partial charge in [-0.05, 0) is 26.2 Å². The van der Waals surface area contributed by atoms with Crippen LogP contribution in [0.1, 0.15) is 48.0 Å². The Hall–Kier alpha value is -0.120. The molecule has 1 rings (SSSR count). The summed E-state index contributed by atoms with van der Waals surface area (Å²) in [7, 11) is 3.49. The lowest BCUT2D eigenvalue weighted by atomic mass is 9.70. The Balaban J connectivity index is 3.05. The first-order chi connectivity index (χ1) is 7.60. The number of methoxy groups -OCH3 is 2. The van der Waals surface area contributed by atoms with Crippen molar-refractivity contribution in [1.29, 1.82) is 0 Å². The second-order valence-electron chi connectivity index (χ2n) is 6.58. The Labute approximate surface area is 106 Å². The van der Waals surface area contributed by atoms with Crippen molar-refractivity contribution < 1.29 is 14.2 Å². The molecule has 0 radical (unpaired) electrons. The second kappa shape index (κ2) is 4.52. The van der Waals surface area contributed by atoms with Crippen molar-refractivity contribution in [3.8, 4) is 0 Å². The largest absolute Gasteiger partial charge is 0.375 e. The molecule has 0 N–H and O–H groups in total. The molecule has 17 heavy (non-hydrogen) atoms. The fourth-order valence-electron chi connectivity index (χ4n) is 2.59. The van der Waals surface area contributed by atoms with Gasteiger partial charge in [-0.15, -0.1) is 0 Å². The van der Waals surface area contributed by atoms with Gasteiger partial charge < -0.3 is 14.2 Å². The molecular weight excluding hydrogens is 216 g/mol. The summed E-state index contributed by atoms with van der Waals surface area (Å²) in [5.74, 6) is 0. The van der Waals surface area contributed by atoms with Crippen LogP contribution in [0.2, 0.25) is 0 Å². The molecule has 1 saturated heterocycles. The molecular formula is C14H28O3. The van der Waals surface area contributed by atoms with Gasteiger partial charge in [0.1, 0.15) is 5.60 Å². The van der Waals surface area contributed by atoms with E-state index in [0.29, 0.717) is 0 Å². The molecule has 0 aromatic heterocycles. The molecule has 0 spiro atoms. The molecule has 1 aliphatic rings. The van der Waals surface area contributed by atoms with Crippen LogP contribution in [0, 0.1) is 5.41 Å². The summed E-state index contributed by atoms with van der Waals surface area (Å²) < 4.78 is 17.6. The summed E-state index contributed by atoms with van der Waals surface area (Å²) in [5.41, 5.74) is -0.621. The van der Waals surface area contributed by atoms with Crippen molar-refractivity contribution in [2.45, 2.75) is 71.4 Å². The molecule has 1 fully saturated rings. The Morgan fingerprint density at radius 3 is 2.00 bits per heavy atom. The average Bonchev–Trinajstić information content (AvgIpc) is 2.23. The van der Waals surface area contributed by atoms with Crippen LogP contribution in [0.15, 0.2) is 0 Å². The molecule has 0 aliphatic carbocycles. The summed E-state index contributed by atoms with van der Waals surface area (Å²) in [5, 5.41) is 0. The first kappa shape index (κ1) is 14.9. The van der Waals surface area contributed by atoms with Gasteiger partial charge in [0.15, 0.2) is 0 Å². The van der Waals surface area contributed by atoms with Crippen LogP contribution in [-0.4, -0.2) is 37.6 Å². The highest BCUT2D eigenvalue weighted by molar-refractivity contribution is 5.06. The van der Waals surface area contributed by atoms with Crippen molar-refractivity contribution in [2.24, 2.45) is 5.41 Å². The highest BCUT2D eigenvalue weighted by Crippen LogP contribution is 2.45. The van der Waals surface area contributed by atoms with E-state index >= 15 is 0 Å². The molecule has 0 saturated carbocycles. The number of hydrogen-bond donors (Lipinski definition) is 0. The normalized spacial score (nSPS) is 43.8. The van der Waals surface area contributed by atoms with Crippen molar-refractivity contribution in [1.82, 2.24) is 0 Å². The van der Waals surface area contributed by atoms with Crippen LogP contribution < -0.4 is 0 Å². The fraction of sp³-hybridized carbons (Fsp3) is 1.00. The Bertz CT molecular complexity index is 271. The maximum atomic E-state index is 6.15. The predicted octanol–water partition coefficient (Wildman–Crippen LogP) is 3.02. The summed E-state index contributed by atoms with van der Waals surface area (Å²) in [6, 6.07) is 0. The van der Waals surface area contributed by atoms with Crippen LogP contribution in [0.5, 0.6) is 0 Å². The monoisotopic (exact) mass is 244 g/mol. The molecule has 0 bridgehead atoms. The van der Waals surface area contributed by atoms with Crippen molar-refractivity contribution in [2.75, 3.05) is 14.2 Å². The summed E-state index contributed by atoms with van der Waals surface area (Å²) in [4.78, 5) is 0.